The van der Waals surface area contributed by atoms with Crippen molar-refractivity contribution < 1.29 is 9.53 Å². The molecule has 17 heavy (non-hydrogen) atoms. The van der Waals surface area contributed by atoms with Crippen LogP contribution in [0, 0.1) is 20.8 Å². The Morgan fingerprint density at radius 2 is 1.82 bits per heavy atom. The Kier molecular flexibility index (Phi) is 4.29. The number of rotatable bonds is 4. The fourth-order valence-corrected chi connectivity index (χ4v) is 2.18. The smallest absolute Gasteiger partial charge is 0.141 e. The lowest BCUT2D eigenvalue weighted by Gasteiger charge is -2.23. The van der Waals surface area contributed by atoms with Crippen molar-refractivity contribution in [1.29, 1.82) is 0 Å². The number of methoxy groups -OCH3 is 1. The van der Waals surface area contributed by atoms with E-state index in [0.29, 0.717) is 0 Å². The molecule has 1 unspecified atom stereocenters. The molecular weight excluding hydrogens is 214 g/mol. The van der Waals surface area contributed by atoms with Gasteiger partial charge < -0.3 is 9.53 Å². The van der Waals surface area contributed by atoms with Gasteiger partial charge in [0.1, 0.15) is 12.0 Å². The van der Waals surface area contributed by atoms with Crippen LogP contribution in [-0.4, -0.2) is 32.4 Å². The zero-order valence-corrected chi connectivity index (χ0v) is 11.5. The predicted molar refractivity (Wildman–Crippen MR) is 69.7 cm³/mol. The second-order valence-corrected chi connectivity index (χ2v) is 4.61. The highest BCUT2D eigenvalue weighted by Crippen LogP contribution is 2.32. The van der Waals surface area contributed by atoms with Crippen molar-refractivity contribution in [2.24, 2.45) is 0 Å². The third-order valence-electron chi connectivity index (χ3n) is 3.27. The van der Waals surface area contributed by atoms with Crippen LogP contribution >= 0.6 is 0 Å². The standard InChI is InChI=1S/C14H21NO2/c1-9-7-12(13(8-16)15(4)5)10(2)11(3)14(9)17-6/h7-8,13H,1-6H3. The van der Waals surface area contributed by atoms with Gasteiger partial charge in [-0.3, -0.25) is 4.90 Å². The van der Waals surface area contributed by atoms with Gasteiger partial charge in [0.05, 0.1) is 13.2 Å². The summed E-state index contributed by atoms with van der Waals surface area (Å²) in [6.45, 7) is 6.07. The summed E-state index contributed by atoms with van der Waals surface area (Å²) >= 11 is 0. The summed E-state index contributed by atoms with van der Waals surface area (Å²) in [7, 11) is 5.50. The van der Waals surface area contributed by atoms with Crippen LogP contribution in [0.25, 0.3) is 0 Å². The van der Waals surface area contributed by atoms with Gasteiger partial charge in [-0.15, -0.1) is 0 Å². The second-order valence-electron chi connectivity index (χ2n) is 4.61. The average Bonchev–Trinajstić information content (AvgIpc) is 2.26. The monoisotopic (exact) mass is 235 g/mol. The lowest BCUT2D eigenvalue weighted by Crippen LogP contribution is -2.22. The van der Waals surface area contributed by atoms with Gasteiger partial charge in [0.15, 0.2) is 0 Å². The Labute approximate surface area is 103 Å². The highest BCUT2D eigenvalue weighted by molar-refractivity contribution is 5.65. The first-order valence-electron chi connectivity index (χ1n) is 5.70. The number of aldehydes is 1. The molecule has 0 spiro atoms. The highest BCUT2D eigenvalue weighted by atomic mass is 16.5. The normalized spacial score (nSPS) is 12.6. The van der Waals surface area contributed by atoms with Crippen molar-refractivity contribution in [1.82, 2.24) is 4.90 Å². The molecule has 0 bridgehead atoms. The van der Waals surface area contributed by atoms with E-state index in [1.54, 1.807) is 7.11 Å². The first-order chi connectivity index (χ1) is 7.93. The van der Waals surface area contributed by atoms with Crippen LogP contribution in [0.4, 0.5) is 0 Å². The largest absolute Gasteiger partial charge is 0.496 e. The Hall–Kier alpha value is -1.35. The molecule has 94 valence electrons. The Bertz CT molecular complexity index is 425. The molecule has 1 rings (SSSR count). The topological polar surface area (TPSA) is 29.5 Å². The molecule has 0 radical (unpaired) electrons. The number of hydrogen-bond acceptors (Lipinski definition) is 3. The molecule has 1 aromatic rings. The molecule has 1 atom stereocenters. The molecule has 1 aromatic carbocycles. The maximum Gasteiger partial charge on any atom is 0.141 e. The van der Waals surface area contributed by atoms with Crippen molar-refractivity contribution >= 4 is 6.29 Å². The molecular formula is C14H21NO2. The summed E-state index contributed by atoms with van der Waals surface area (Å²) in [5.74, 6) is 0.912. The van der Waals surface area contributed by atoms with Crippen LogP contribution in [-0.2, 0) is 4.79 Å². The van der Waals surface area contributed by atoms with E-state index in [1.807, 2.05) is 45.8 Å². The number of likely N-dealkylation sites (N-methyl/N-ethyl adjacent to an activating group) is 1. The Morgan fingerprint density at radius 3 is 2.24 bits per heavy atom. The zero-order valence-electron chi connectivity index (χ0n) is 11.5. The quantitative estimate of drug-likeness (QED) is 0.751. The van der Waals surface area contributed by atoms with Gasteiger partial charge in [0, 0.05) is 0 Å². The molecule has 0 saturated carbocycles. The van der Waals surface area contributed by atoms with Crippen molar-refractivity contribution in [2.45, 2.75) is 26.8 Å². The van der Waals surface area contributed by atoms with Gasteiger partial charge in [-0.25, -0.2) is 0 Å². The van der Waals surface area contributed by atoms with Crippen LogP contribution in [0.5, 0.6) is 5.75 Å². The van der Waals surface area contributed by atoms with E-state index in [1.165, 1.54) is 0 Å². The summed E-state index contributed by atoms with van der Waals surface area (Å²) in [4.78, 5) is 13.1. The summed E-state index contributed by atoms with van der Waals surface area (Å²) in [6.07, 6.45) is 0.980. The predicted octanol–water partition coefficient (Wildman–Crippen LogP) is 2.42. The first-order valence-corrected chi connectivity index (χ1v) is 5.70. The molecule has 0 amide bonds. The molecule has 0 heterocycles. The molecule has 0 N–H and O–H groups in total. The van der Waals surface area contributed by atoms with Gasteiger partial charge in [-0.05, 0) is 57.1 Å². The van der Waals surface area contributed by atoms with Gasteiger partial charge in [-0.1, -0.05) is 6.07 Å². The number of aryl methyl sites for hydroxylation is 1. The lowest BCUT2D eigenvalue weighted by molar-refractivity contribution is -0.111. The van der Waals surface area contributed by atoms with Crippen LogP contribution < -0.4 is 4.74 Å². The molecule has 0 saturated heterocycles. The lowest BCUT2D eigenvalue weighted by atomic mass is 9.94. The number of carbonyl (C=O) groups is 1. The summed E-state index contributed by atoms with van der Waals surface area (Å²) in [5, 5.41) is 0. The number of benzene rings is 1. The Morgan fingerprint density at radius 1 is 1.24 bits per heavy atom. The van der Waals surface area contributed by atoms with Gasteiger partial charge in [0.25, 0.3) is 0 Å². The van der Waals surface area contributed by atoms with Crippen LogP contribution in [0.1, 0.15) is 28.3 Å². The molecule has 0 aliphatic carbocycles. The maximum atomic E-state index is 11.2. The van der Waals surface area contributed by atoms with E-state index >= 15 is 0 Å². The van der Waals surface area contributed by atoms with Crippen molar-refractivity contribution in [3.05, 3.63) is 28.3 Å². The van der Waals surface area contributed by atoms with Crippen molar-refractivity contribution in [3.63, 3.8) is 0 Å². The van der Waals surface area contributed by atoms with E-state index < -0.39 is 0 Å². The van der Waals surface area contributed by atoms with E-state index in [4.69, 9.17) is 4.74 Å². The number of ether oxygens (including phenoxy) is 1. The highest BCUT2D eigenvalue weighted by Gasteiger charge is 2.19. The number of carbonyl (C=O) groups excluding carboxylic acids is 1. The number of hydrogen-bond donors (Lipinski definition) is 0. The van der Waals surface area contributed by atoms with Crippen LogP contribution in [0.2, 0.25) is 0 Å². The maximum absolute atomic E-state index is 11.2. The van der Waals surface area contributed by atoms with E-state index in [9.17, 15) is 4.79 Å². The molecule has 3 heteroatoms. The molecule has 0 aliphatic heterocycles. The van der Waals surface area contributed by atoms with Gasteiger partial charge in [0.2, 0.25) is 0 Å². The second kappa shape index (κ2) is 5.32. The fourth-order valence-electron chi connectivity index (χ4n) is 2.18. The molecule has 0 aromatic heterocycles. The van der Waals surface area contributed by atoms with E-state index in [0.717, 1.165) is 34.3 Å². The number of nitrogens with zero attached hydrogens (tertiary/aromatic N) is 1. The average molecular weight is 235 g/mol. The third-order valence-corrected chi connectivity index (χ3v) is 3.27. The van der Waals surface area contributed by atoms with E-state index in [-0.39, 0.29) is 6.04 Å². The molecule has 3 nitrogen and oxygen atoms in total. The minimum atomic E-state index is -0.196. The summed E-state index contributed by atoms with van der Waals surface area (Å²) in [5.41, 5.74) is 4.36. The fraction of sp³-hybridized carbons (Fsp3) is 0.500. The summed E-state index contributed by atoms with van der Waals surface area (Å²) in [6, 6.07) is 1.85. The molecule has 0 aliphatic rings. The van der Waals surface area contributed by atoms with Crippen LogP contribution in [0.15, 0.2) is 6.07 Å². The van der Waals surface area contributed by atoms with Gasteiger partial charge in [-0.2, -0.15) is 0 Å². The Balaban J connectivity index is 3.41. The zero-order chi connectivity index (χ0) is 13.2. The minimum absolute atomic E-state index is 0.196. The third kappa shape index (κ3) is 2.50. The first kappa shape index (κ1) is 13.7. The van der Waals surface area contributed by atoms with Crippen LogP contribution in [0.3, 0.4) is 0 Å². The van der Waals surface area contributed by atoms with Gasteiger partial charge >= 0.3 is 0 Å². The summed E-state index contributed by atoms with van der Waals surface area (Å²) < 4.78 is 5.38. The molecule has 0 fully saturated rings. The van der Waals surface area contributed by atoms with Crippen molar-refractivity contribution in [2.75, 3.05) is 21.2 Å². The van der Waals surface area contributed by atoms with Crippen molar-refractivity contribution in [3.8, 4) is 5.75 Å². The minimum Gasteiger partial charge on any atom is -0.496 e. The SMILES string of the molecule is COc1c(C)cc(C(C=O)N(C)C)c(C)c1C. The van der Waals surface area contributed by atoms with E-state index in [2.05, 4.69) is 0 Å².